The van der Waals surface area contributed by atoms with Crippen molar-refractivity contribution in [1.82, 2.24) is 9.55 Å². The van der Waals surface area contributed by atoms with Crippen molar-refractivity contribution in [2.24, 2.45) is 0 Å². The molecule has 2 heterocycles. The Kier molecular flexibility index (Phi) is 5.25. The maximum Gasteiger partial charge on any atom is 0.330 e. The number of halogens is 1. The lowest BCUT2D eigenvalue weighted by Crippen LogP contribution is -2.36. The number of H-pyrrole nitrogens is 1. The van der Waals surface area contributed by atoms with E-state index in [1.807, 2.05) is 0 Å². The molecule has 130 valence electrons. The van der Waals surface area contributed by atoms with E-state index in [0.29, 0.717) is 0 Å². The van der Waals surface area contributed by atoms with Gasteiger partial charge in [-0.05, 0) is 20.3 Å². The predicted molar refractivity (Wildman–Crippen MR) is 81.1 cm³/mol. The molecule has 0 bridgehead atoms. The van der Waals surface area contributed by atoms with Crippen molar-refractivity contribution >= 4 is 7.14 Å². The first kappa shape index (κ1) is 18.1. The first-order valence-corrected chi connectivity index (χ1v) is 9.80. The second kappa shape index (κ2) is 6.68. The highest BCUT2D eigenvalue weighted by Crippen LogP contribution is 2.36. The monoisotopic (exact) mass is 350 g/mol. The Hall–Kier alpha value is -1.28. The van der Waals surface area contributed by atoms with Gasteiger partial charge in [-0.25, -0.2) is 9.18 Å². The molecule has 1 saturated heterocycles. The van der Waals surface area contributed by atoms with E-state index in [-0.39, 0.29) is 18.5 Å². The maximum absolute atomic E-state index is 14.3. The highest BCUT2D eigenvalue weighted by Gasteiger charge is 2.45. The minimum Gasteiger partial charge on any atom is -0.387 e. The lowest BCUT2D eigenvalue weighted by Gasteiger charge is -2.17. The van der Waals surface area contributed by atoms with Crippen LogP contribution in [0.4, 0.5) is 4.39 Å². The smallest absolute Gasteiger partial charge is 0.330 e. The van der Waals surface area contributed by atoms with Crippen LogP contribution in [0.2, 0.25) is 0 Å². The molecule has 1 aromatic rings. The molecule has 1 aliphatic rings. The van der Waals surface area contributed by atoms with Gasteiger partial charge in [0.25, 0.3) is 5.56 Å². The minimum atomic E-state index is -2.40. The molecular formula is C13H20FN2O6P. The molecule has 0 spiro atoms. The lowest BCUT2D eigenvalue weighted by atomic mass is 10.1. The summed E-state index contributed by atoms with van der Waals surface area (Å²) in [6.07, 6.45) is -4.55. The zero-order valence-corrected chi connectivity index (χ0v) is 14.0. The molecule has 0 amide bonds. The molecule has 0 radical (unpaired) electrons. The quantitative estimate of drug-likeness (QED) is 0.726. The molecule has 2 rings (SSSR count). The molecule has 10 heteroatoms. The van der Waals surface area contributed by atoms with Crippen LogP contribution in [0.25, 0.3) is 0 Å². The van der Waals surface area contributed by atoms with Gasteiger partial charge in [0.15, 0.2) is 12.4 Å². The summed E-state index contributed by atoms with van der Waals surface area (Å²) in [6, 6.07) is 0. The molecular weight excluding hydrogens is 330 g/mol. The number of aryl methyl sites for hydroxylation is 1. The van der Waals surface area contributed by atoms with Crippen LogP contribution >= 0.6 is 7.14 Å². The van der Waals surface area contributed by atoms with Gasteiger partial charge >= 0.3 is 5.69 Å². The fourth-order valence-electron chi connectivity index (χ4n) is 2.23. The Morgan fingerprint density at radius 1 is 1.48 bits per heavy atom. The normalized spacial score (nSPS) is 28.2. The third-order valence-corrected chi connectivity index (χ3v) is 4.20. The summed E-state index contributed by atoms with van der Waals surface area (Å²) in [6.45, 7) is 4.40. The zero-order chi connectivity index (χ0) is 17.4. The summed E-state index contributed by atoms with van der Waals surface area (Å²) in [4.78, 5) is 25.2. The van der Waals surface area contributed by atoms with Gasteiger partial charge in [0.05, 0.1) is 13.0 Å². The van der Waals surface area contributed by atoms with Crippen molar-refractivity contribution in [1.29, 1.82) is 0 Å². The van der Waals surface area contributed by atoms with E-state index in [4.69, 9.17) is 9.47 Å². The van der Waals surface area contributed by atoms with Crippen molar-refractivity contribution < 1.29 is 23.5 Å². The summed E-state index contributed by atoms with van der Waals surface area (Å²) in [7, 11) is -2.40. The first-order valence-electron chi connectivity index (χ1n) is 7.01. The van der Waals surface area contributed by atoms with E-state index >= 15 is 0 Å². The number of aromatic amines is 1. The average molecular weight is 350 g/mol. The first-order chi connectivity index (χ1) is 10.6. The Bertz CT molecular complexity index is 726. The lowest BCUT2D eigenvalue weighted by molar-refractivity contribution is -0.0597. The fraction of sp³-hybridized carbons (Fsp3) is 0.692. The maximum atomic E-state index is 14.3. The van der Waals surface area contributed by atoms with Crippen LogP contribution < -0.4 is 11.2 Å². The zero-order valence-electron chi connectivity index (χ0n) is 13.1. The summed E-state index contributed by atoms with van der Waals surface area (Å²) >= 11 is 0. The van der Waals surface area contributed by atoms with Crippen LogP contribution in [0.1, 0.15) is 11.8 Å². The molecule has 4 atom stereocenters. The average Bonchev–Trinajstić information content (AvgIpc) is 2.70. The van der Waals surface area contributed by atoms with E-state index in [9.17, 15) is 23.7 Å². The van der Waals surface area contributed by atoms with Crippen LogP contribution in [-0.2, 0) is 14.0 Å². The molecule has 0 aliphatic carbocycles. The minimum absolute atomic E-state index is 0.0150. The second-order valence-electron chi connectivity index (χ2n) is 6.05. The summed E-state index contributed by atoms with van der Waals surface area (Å²) in [5.41, 5.74) is -1.18. The highest BCUT2D eigenvalue weighted by atomic mass is 31.2. The number of ether oxygens (including phenoxy) is 2. The van der Waals surface area contributed by atoms with E-state index in [0.717, 1.165) is 4.57 Å². The van der Waals surface area contributed by atoms with Gasteiger partial charge in [0, 0.05) is 11.8 Å². The van der Waals surface area contributed by atoms with Gasteiger partial charge in [-0.15, -0.1) is 0 Å². The van der Waals surface area contributed by atoms with E-state index in [2.05, 4.69) is 4.98 Å². The standard InChI is InChI=1S/C13H20FN2O6P/c1-7-4-16(13(19)15-11(7)18)12-9(14)10(17)8(22-12)5-21-6-23(2,3)20/h4,8-10,12,17H,5-6H2,1-3H3,(H,15,18,19)/t8-,9+,10-,12-/m0/s1. The van der Waals surface area contributed by atoms with Gasteiger partial charge in [0.2, 0.25) is 0 Å². The highest BCUT2D eigenvalue weighted by molar-refractivity contribution is 7.62. The summed E-state index contributed by atoms with van der Waals surface area (Å²) < 4.78 is 37.3. The molecule has 23 heavy (non-hydrogen) atoms. The molecule has 0 unspecified atom stereocenters. The Morgan fingerprint density at radius 3 is 2.74 bits per heavy atom. The number of nitrogens with one attached hydrogen (secondary N) is 1. The molecule has 2 N–H and O–H groups in total. The van der Waals surface area contributed by atoms with Gasteiger partial charge in [0.1, 0.15) is 19.3 Å². The molecule has 1 aromatic heterocycles. The molecule has 8 nitrogen and oxygen atoms in total. The number of rotatable bonds is 5. The Balaban J connectivity index is 2.14. The number of hydrogen-bond donors (Lipinski definition) is 2. The number of aromatic nitrogens is 2. The van der Waals surface area contributed by atoms with Crippen LogP contribution in [0, 0.1) is 6.92 Å². The van der Waals surface area contributed by atoms with Crippen molar-refractivity contribution in [3.05, 3.63) is 32.6 Å². The van der Waals surface area contributed by atoms with Crippen LogP contribution in [-0.4, -0.2) is 59.3 Å². The van der Waals surface area contributed by atoms with Crippen molar-refractivity contribution in [2.75, 3.05) is 26.3 Å². The van der Waals surface area contributed by atoms with Crippen LogP contribution in [0.5, 0.6) is 0 Å². The number of aliphatic hydroxyl groups excluding tert-OH is 1. The van der Waals surface area contributed by atoms with Crippen molar-refractivity contribution in [3.63, 3.8) is 0 Å². The molecule has 0 aromatic carbocycles. The van der Waals surface area contributed by atoms with Gasteiger partial charge < -0.3 is 19.1 Å². The third-order valence-electron chi connectivity index (χ3n) is 3.40. The van der Waals surface area contributed by atoms with Gasteiger partial charge in [-0.1, -0.05) is 0 Å². The van der Waals surface area contributed by atoms with E-state index in [1.54, 1.807) is 13.3 Å². The summed E-state index contributed by atoms with van der Waals surface area (Å²) in [5, 5.41) is 9.90. The van der Waals surface area contributed by atoms with Gasteiger partial charge in [-0.3, -0.25) is 14.3 Å². The topological polar surface area (TPSA) is 111 Å². The third kappa shape index (κ3) is 4.17. The predicted octanol–water partition coefficient (Wildman–Crippen LogP) is 0.0382. The van der Waals surface area contributed by atoms with Gasteiger partial charge in [-0.2, -0.15) is 0 Å². The van der Waals surface area contributed by atoms with Crippen molar-refractivity contribution in [2.45, 2.75) is 31.5 Å². The Labute approximate surface area is 131 Å². The fourth-order valence-corrected chi connectivity index (χ4v) is 2.77. The molecule has 1 fully saturated rings. The number of nitrogens with zero attached hydrogens (tertiary/aromatic N) is 1. The number of aliphatic hydroxyl groups is 1. The number of alkyl halides is 1. The molecule has 1 aliphatic heterocycles. The number of hydrogen-bond acceptors (Lipinski definition) is 6. The van der Waals surface area contributed by atoms with Crippen LogP contribution in [0.15, 0.2) is 15.8 Å². The SMILES string of the molecule is Cc1cn([C@H]2O[C@@H](COCP(C)(C)=O)[C@H](O)[C@H]2F)c(=O)[nH]c1=O. The Morgan fingerprint density at radius 2 is 2.13 bits per heavy atom. The van der Waals surface area contributed by atoms with E-state index in [1.165, 1.54) is 13.1 Å². The van der Waals surface area contributed by atoms with Crippen LogP contribution in [0.3, 0.4) is 0 Å². The summed E-state index contributed by atoms with van der Waals surface area (Å²) in [5.74, 6) is 0. The molecule has 0 saturated carbocycles. The van der Waals surface area contributed by atoms with Crippen molar-refractivity contribution in [3.8, 4) is 0 Å². The second-order valence-corrected chi connectivity index (χ2v) is 9.46. The van der Waals surface area contributed by atoms with E-state index < -0.39 is 43.0 Å². The largest absolute Gasteiger partial charge is 0.387 e.